The van der Waals surface area contributed by atoms with Crippen molar-refractivity contribution in [2.24, 2.45) is 5.92 Å². The van der Waals surface area contributed by atoms with Crippen molar-refractivity contribution in [3.63, 3.8) is 0 Å². The predicted octanol–water partition coefficient (Wildman–Crippen LogP) is 0.696. The summed E-state index contributed by atoms with van der Waals surface area (Å²) in [6.45, 7) is 1.86. The second-order valence-electron chi connectivity index (χ2n) is 5.13. The largest absolute Gasteiger partial charge is 0.481 e. The number of carboxylic acids is 1. The Kier molecular flexibility index (Phi) is 6.27. The third-order valence-corrected chi connectivity index (χ3v) is 4.14. The van der Waals surface area contributed by atoms with E-state index < -0.39 is 16.8 Å². The molecule has 0 aliphatic heterocycles. The summed E-state index contributed by atoms with van der Waals surface area (Å²) in [5, 5.41) is 14.4. The molecule has 0 aromatic carbocycles. The van der Waals surface area contributed by atoms with E-state index in [9.17, 15) is 13.8 Å². The maximum absolute atomic E-state index is 11.7. The predicted molar refractivity (Wildman–Crippen MR) is 73.4 cm³/mol. The van der Waals surface area contributed by atoms with E-state index in [2.05, 4.69) is 10.6 Å². The van der Waals surface area contributed by atoms with Crippen LogP contribution in [-0.2, 0) is 15.6 Å². The van der Waals surface area contributed by atoms with Crippen LogP contribution < -0.4 is 10.6 Å². The SMILES string of the molecule is CC(CCS(C)=O)NC(=O)NC1CCC(C(=O)O)C1. The van der Waals surface area contributed by atoms with Gasteiger partial charge in [-0.2, -0.15) is 0 Å². The average molecular weight is 290 g/mol. The minimum absolute atomic E-state index is 0.0411. The molecule has 1 rings (SSSR count). The van der Waals surface area contributed by atoms with Crippen molar-refractivity contribution in [3.8, 4) is 0 Å². The lowest BCUT2D eigenvalue weighted by Gasteiger charge is -2.17. The highest BCUT2D eigenvalue weighted by Gasteiger charge is 2.30. The Hall–Kier alpha value is -1.11. The Morgan fingerprint density at radius 3 is 2.63 bits per heavy atom. The van der Waals surface area contributed by atoms with Crippen molar-refractivity contribution in [2.75, 3.05) is 12.0 Å². The Morgan fingerprint density at radius 1 is 1.42 bits per heavy atom. The molecule has 1 saturated carbocycles. The van der Waals surface area contributed by atoms with Crippen LogP contribution in [0.1, 0.15) is 32.6 Å². The van der Waals surface area contributed by atoms with Gasteiger partial charge in [-0.25, -0.2) is 4.79 Å². The Labute approximate surface area is 115 Å². The minimum Gasteiger partial charge on any atom is -0.481 e. The summed E-state index contributed by atoms with van der Waals surface area (Å²) in [5.74, 6) is -0.569. The summed E-state index contributed by atoms with van der Waals surface area (Å²) in [4.78, 5) is 22.5. The normalized spacial score (nSPS) is 25.6. The van der Waals surface area contributed by atoms with Gasteiger partial charge in [-0.3, -0.25) is 9.00 Å². The number of carbonyl (C=O) groups is 2. The molecule has 1 aliphatic carbocycles. The lowest BCUT2D eigenvalue weighted by atomic mass is 10.1. The van der Waals surface area contributed by atoms with Crippen LogP contribution in [0.2, 0.25) is 0 Å². The summed E-state index contributed by atoms with van der Waals surface area (Å²) in [5.41, 5.74) is 0. The van der Waals surface area contributed by atoms with Crippen LogP contribution in [0, 0.1) is 5.92 Å². The Balaban J connectivity index is 2.24. The van der Waals surface area contributed by atoms with E-state index in [1.807, 2.05) is 6.92 Å². The number of amides is 2. The lowest BCUT2D eigenvalue weighted by molar-refractivity contribution is -0.141. The van der Waals surface area contributed by atoms with Gasteiger partial charge in [0.05, 0.1) is 5.92 Å². The van der Waals surface area contributed by atoms with Crippen LogP contribution in [0.3, 0.4) is 0 Å². The van der Waals surface area contributed by atoms with Crippen molar-refractivity contribution in [3.05, 3.63) is 0 Å². The number of carbonyl (C=O) groups excluding carboxylic acids is 1. The first-order valence-electron chi connectivity index (χ1n) is 6.48. The van der Waals surface area contributed by atoms with Gasteiger partial charge in [-0.15, -0.1) is 0 Å². The van der Waals surface area contributed by atoms with Crippen LogP contribution in [-0.4, -0.2) is 45.4 Å². The number of hydrogen-bond donors (Lipinski definition) is 3. The molecule has 1 aliphatic rings. The number of urea groups is 1. The highest BCUT2D eigenvalue weighted by Crippen LogP contribution is 2.25. The van der Waals surface area contributed by atoms with E-state index in [0.717, 1.165) is 0 Å². The molecule has 0 saturated heterocycles. The fourth-order valence-electron chi connectivity index (χ4n) is 2.20. The van der Waals surface area contributed by atoms with Gasteiger partial charge in [0.25, 0.3) is 0 Å². The molecule has 2 amide bonds. The average Bonchev–Trinajstić information content (AvgIpc) is 2.74. The Bertz CT molecular complexity index is 362. The van der Waals surface area contributed by atoms with Crippen LogP contribution in [0.25, 0.3) is 0 Å². The number of hydrogen-bond acceptors (Lipinski definition) is 3. The maximum Gasteiger partial charge on any atom is 0.315 e. The molecule has 19 heavy (non-hydrogen) atoms. The fraction of sp³-hybridized carbons (Fsp3) is 0.833. The second-order valence-corrected chi connectivity index (χ2v) is 6.68. The zero-order valence-corrected chi connectivity index (χ0v) is 12.2. The molecule has 4 unspecified atom stereocenters. The van der Waals surface area contributed by atoms with Gasteiger partial charge < -0.3 is 15.7 Å². The summed E-state index contributed by atoms with van der Waals surface area (Å²) in [7, 11) is -0.852. The van der Waals surface area contributed by atoms with Gasteiger partial charge in [-0.05, 0) is 32.6 Å². The molecule has 6 nitrogen and oxygen atoms in total. The number of nitrogens with one attached hydrogen (secondary N) is 2. The van der Waals surface area contributed by atoms with Crippen molar-refractivity contribution in [1.82, 2.24) is 10.6 Å². The van der Waals surface area contributed by atoms with Crippen LogP contribution >= 0.6 is 0 Å². The lowest BCUT2D eigenvalue weighted by Crippen LogP contribution is -2.45. The molecule has 4 atom stereocenters. The first-order valence-corrected chi connectivity index (χ1v) is 8.21. The first kappa shape index (κ1) is 15.9. The van der Waals surface area contributed by atoms with E-state index >= 15 is 0 Å². The molecular weight excluding hydrogens is 268 g/mol. The van der Waals surface area contributed by atoms with Gasteiger partial charge in [0.2, 0.25) is 0 Å². The molecule has 0 radical (unpaired) electrons. The third-order valence-electron chi connectivity index (χ3n) is 3.33. The fourth-order valence-corrected chi connectivity index (χ4v) is 2.89. The molecule has 0 bridgehead atoms. The van der Waals surface area contributed by atoms with E-state index in [1.54, 1.807) is 6.26 Å². The highest BCUT2D eigenvalue weighted by molar-refractivity contribution is 7.84. The van der Waals surface area contributed by atoms with Crippen LogP contribution in [0.5, 0.6) is 0 Å². The maximum atomic E-state index is 11.7. The number of carboxylic acid groups (broad SMARTS) is 1. The smallest absolute Gasteiger partial charge is 0.315 e. The molecule has 3 N–H and O–H groups in total. The number of aliphatic carboxylic acids is 1. The van der Waals surface area contributed by atoms with Gasteiger partial charge in [0, 0.05) is 34.9 Å². The van der Waals surface area contributed by atoms with E-state index in [1.165, 1.54) is 0 Å². The zero-order chi connectivity index (χ0) is 14.4. The van der Waals surface area contributed by atoms with Crippen LogP contribution in [0.4, 0.5) is 4.79 Å². The first-order chi connectivity index (χ1) is 8.88. The molecule has 0 aromatic heterocycles. The second kappa shape index (κ2) is 7.47. The Morgan fingerprint density at radius 2 is 2.11 bits per heavy atom. The number of rotatable bonds is 6. The van der Waals surface area contributed by atoms with E-state index in [-0.39, 0.29) is 24.0 Å². The zero-order valence-electron chi connectivity index (χ0n) is 11.3. The molecule has 0 aromatic rings. The molecular formula is C12H22N2O4S. The standard InChI is InChI=1S/C12H22N2O4S/c1-8(5-6-19(2)18)13-12(17)14-10-4-3-9(7-10)11(15)16/h8-10H,3-7H2,1-2H3,(H,15,16)(H2,13,14,17). The van der Waals surface area contributed by atoms with E-state index in [0.29, 0.717) is 31.4 Å². The van der Waals surface area contributed by atoms with Crippen molar-refractivity contribution >= 4 is 22.8 Å². The molecule has 110 valence electrons. The van der Waals surface area contributed by atoms with Gasteiger partial charge in [-0.1, -0.05) is 0 Å². The van der Waals surface area contributed by atoms with Crippen LogP contribution in [0.15, 0.2) is 0 Å². The summed E-state index contributed by atoms with van der Waals surface area (Å²) in [6.07, 6.45) is 4.12. The molecule has 1 fully saturated rings. The van der Waals surface area contributed by atoms with Gasteiger partial charge in [0.15, 0.2) is 0 Å². The molecule has 7 heteroatoms. The topological polar surface area (TPSA) is 95.5 Å². The van der Waals surface area contributed by atoms with Crippen molar-refractivity contribution in [2.45, 2.75) is 44.7 Å². The quantitative estimate of drug-likeness (QED) is 0.671. The van der Waals surface area contributed by atoms with E-state index in [4.69, 9.17) is 5.11 Å². The summed E-state index contributed by atoms with van der Waals surface area (Å²) in [6, 6.07) is -0.375. The third kappa shape index (κ3) is 6.04. The van der Waals surface area contributed by atoms with Crippen molar-refractivity contribution in [1.29, 1.82) is 0 Å². The molecule has 0 spiro atoms. The molecule has 0 heterocycles. The van der Waals surface area contributed by atoms with Crippen molar-refractivity contribution < 1.29 is 18.9 Å². The summed E-state index contributed by atoms with van der Waals surface area (Å²) < 4.78 is 10.9. The summed E-state index contributed by atoms with van der Waals surface area (Å²) >= 11 is 0. The minimum atomic E-state index is -0.852. The van der Waals surface area contributed by atoms with Gasteiger partial charge in [0.1, 0.15) is 0 Å². The monoisotopic (exact) mass is 290 g/mol. The highest BCUT2D eigenvalue weighted by atomic mass is 32.2. The van der Waals surface area contributed by atoms with Gasteiger partial charge >= 0.3 is 12.0 Å².